The van der Waals surface area contributed by atoms with Gasteiger partial charge < -0.3 is 24.9 Å². The zero-order valence-electron chi connectivity index (χ0n) is 10.5. The topological polar surface area (TPSA) is 84.8 Å². The van der Waals surface area contributed by atoms with Crippen molar-refractivity contribution in [2.45, 2.75) is 6.10 Å². The van der Waals surface area contributed by atoms with Crippen molar-refractivity contribution in [2.24, 2.45) is 0 Å². The van der Waals surface area contributed by atoms with Gasteiger partial charge in [0.05, 0.1) is 19.3 Å². The Kier molecular flexibility index (Phi) is 3.69. The van der Waals surface area contributed by atoms with Crippen LogP contribution in [0.5, 0.6) is 0 Å². The Balaban J connectivity index is 2.15. The molecule has 1 aromatic carbocycles. The first-order valence-corrected chi connectivity index (χ1v) is 5.64. The van der Waals surface area contributed by atoms with Crippen molar-refractivity contribution >= 4 is 22.8 Å². The van der Waals surface area contributed by atoms with Gasteiger partial charge in [-0.2, -0.15) is 4.98 Å². The van der Waals surface area contributed by atoms with E-state index in [4.69, 9.17) is 14.9 Å². The second-order valence-electron chi connectivity index (χ2n) is 4.21. The number of nitrogen functional groups attached to an aromatic ring is 1. The number of hydrogen-bond donors (Lipinski definition) is 2. The number of nitrogens with two attached hydrogens (primary N) is 1. The first-order chi connectivity index (χ1) is 8.60. The number of methoxy groups -OCH3 is 1. The lowest BCUT2D eigenvalue weighted by atomic mass is 10.3. The normalized spacial score (nSPS) is 12.8. The van der Waals surface area contributed by atoms with Gasteiger partial charge in [0.2, 0.25) is 0 Å². The molecule has 0 radical (unpaired) electrons. The van der Waals surface area contributed by atoms with E-state index in [-0.39, 0.29) is 6.61 Å². The minimum atomic E-state index is -0.583. The fourth-order valence-corrected chi connectivity index (χ4v) is 1.73. The Morgan fingerprint density at radius 1 is 1.56 bits per heavy atom. The molecule has 1 atom stereocenters. The largest absolute Gasteiger partial charge is 0.423 e. The molecule has 1 heterocycles. The van der Waals surface area contributed by atoms with Gasteiger partial charge >= 0.3 is 0 Å². The van der Waals surface area contributed by atoms with Crippen LogP contribution in [-0.2, 0) is 4.74 Å². The maximum atomic E-state index is 9.64. The fraction of sp³-hybridized carbons (Fsp3) is 0.417. The molecule has 1 aromatic heterocycles. The highest BCUT2D eigenvalue weighted by Crippen LogP contribution is 2.23. The van der Waals surface area contributed by atoms with Gasteiger partial charge in [-0.25, -0.2) is 0 Å². The maximum Gasteiger partial charge on any atom is 0.298 e. The Labute approximate surface area is 105 Å². The van der Waals surface area contributed by atoms with Gasteiger partial charge in [-0.15, -0.1) is 0 Å². The number of rotatable bonds is 5. The second-order valence-corrected chi connectivity index (χ2v) is 4.21. The number of oxazole rings is 1. The molecular weight excluding hydrogens is 234 g/mol. The monoisotopic (exact) mass is 251 g/mol. The molecule has 3 N–H and O–H groups in total. The molecule has 0 aliphatic heterocycles. The van der Waals surface area contributed by atoms with E-state index in [1.807, 2.05) is 0 Å². The van der Waals surface area contributed by atoms with Gasteiger partial charge in [0.15, 0.2) is 5.58 Å². The summed E-state index contributed by atoms with van der Waals surface area (Å²) in [4.78, 5) is 6.05. The van der Waals surface area contributed by atoms with Gasteiger partial charge in [-0.05, 0) is 12.1 Å². The van der Waals surface area contributed by atoms with E-state index >= 15 is 0 Å². The summed E-state index contributed by atoms with van der Waals surface area (Å²) in [5, 5.41) is 9.64. The number of nitrogens with zero attached hydrogens (tertiary/aromatic N) is 2. The highest BCUT2D eigenvalue weighted by Gasteiger charge is 2.14. The van der Waals surface area contributed by atoms with Gasteiger partial charge in [0.25, 0.3) is 6.01 Å². The molecule has 6 heteroatoms. The van der Waals surface area contributed by atoms with Crippen LogP contribution in [0.4, 0.5) is 11.7 Å². The van der Waals surface area contributed by atoms with Crippen molar-refractivity contribution < 1.29 is 14.3 Å². The van der Waals surface area contributed by atoms with Crippen LogP contribution in [-0.4, -0.2) is 43.5 Å². The minimum Gasteiger partial charge on any atom is -0.423 e. The van der Waals surface area contributed by atoms with E-state index in [0.29, 0.717) is 23.8 Å². The molecule has 6 nitrogen and oxygen atoms in total. The summed E-state index contributed by atoms with van der Waals surface area (Å²) >= 11 is 0. The molecule has 0 amide bonds. The van der Waals surface area contributed by atoms with E-state index in [2.05, 4.69) is 4.98 Å². The number of likely N-dealkylation sites (N-methyl/N-ethyl adjacent to an activating group) is 1. The van der Waals surface area contributed by atoms with Crippen LogP contribution in [0.25, 0.3) is 11.1 Å². The van der Waals surface area contributed by atoms with Crippen molar-refractivity contribution in [2.75, 3.05) is 37.9 Å². The average Bonchev–Trinajstić information content (AvgIpc) is 2.72. The van der Waals surface area contributed by atoms with E-state index in [0.717, 1.165) is 5.52 Å². The lowest BCUT2D eigenvalue weighted by molar-refractivity contribution is 0.0690. The number of aliphatic hydroxyl groups is 1. The lowest BCUT2D eigenvalue weighted by Crippen LogP contribution is -2.32. The minimum absolute atomic E-state index is 0.275. The standard InChI is InChI=1S/C12H17N3O3/c1-15(6-9(16)7-17-2)12-14-10-4-3-8(13)5-11(10)18-12/h3-5,9,16H,6-7,13H2,1-2H3. The molecule has 0 spiro atoms. The molecule has 2 rings (SSSR count). The molecule has 0 aliphatic carbocycles. The molecule has 0 saturated carbocycles. The van der Waals surface area contributed by atoms with Gasteiger partial charge in [-0.3, -0.25) is 0 Å². The molecular formula is C12H17N3O3. The Hall–Kier alpha value is -1.79. The number of aromatic nitrogens is 1. The fourth-order valence-electron chi connectivity index (χ4n) is 1.73. The molecule has 0 fully saturated rings. The molecule has 1 unspecified atom stereocenters. The van der Waals surface area contributed by atoms with Crippen molar-refractivity contribution in [3.05, 3.63) is 18.2 Å². The summed E-state index contributed by atoms with van der Waals surface area (Å²) in [6, 6.07) is 5.75. The van der Waals surface area contributed by atoms with Crippen LogP contribution in [0.15, 0.2) is 22.6 Å². The van der Waals surface area contributed by atoms with Crippen LogP contribution in [0.3, 0.4) is 0 Å². The number of hydrogen-bond acceptors (Lipinski definition) is 6. The third-order valence-corrected chi connectivity index (χ3v) is 2.57. The molecule has 0 saturated heterocycles. The predicted octanol–water partition coefficient (Wildman–Crippen LogP) is 0.853. The zero-order chi connectivity index (χ0) is 13.1. The van der Waals surface area contributed by atoms with Crippen LogP contribution >= 0.6 is 0 Å². The molecule has 2 aromatic rings. The number of aliphatic hydroxyl groups excluding tert-OH is 1. The Bertz CT molecular complexity index is 526. The smallest absolute Gasteiger partial charge is 0.298 e. The average molecular weight is 251 g/mol. The highest BCUT2D eigenvalue weighted by molar-refractivity contribution is 5.78. The highest BCUT2D eigenvalue weighted by atomic mass is 16.5. The predicted molar refractivity (Wildman–Crippen MR) is 69.6 cm³/mol. The first-order valence-electron chi connectivity index (χ1n) is 5.64. The van der Waals surface area contributed by atoms with Gasteiger partial charge in [0.1, 0.15) is 5.52 Å². The van der Waals surface area contributed by atoms with Crippen LogP contribution < -0.4 is 10.6 Å². The van der Waals surface area contributed by atoms with Crippen molar-refractivity contribution in [1.29, 1.82) is 0 Å². The summed E-state index contributed by atoms with van der Waals surface area (Å²) in [5.74, 6) is 0. The van der Waals surface area contributed by atoms with Crippen molar-refractivity contribution in [3.63, 3.8) is 0 Å². The summed E-state index contributed by atoms with van der Waals surface area (Å²) in [5.41, 5.74) is 7.68. The van der Waals surface area contributed by atoms with E-state index in [1.165, 1.54) is 0 Å². The van der Waals surface area contributed by atoms with Crippen LogP contribution in [0.2, 0.25) is 0 Å². The summed E-state index contributed by atoms with van der Waals surface area (Å²) in [6.45, 7) is 0.660. The van der Waals surface area contributed by atoms with E-state index in [1.54, 1.807) is 37.3 Å². The third-order valence-electron chi connectivity index (χ3n) is 2.57. The Morgan fingerprint density at radius 3 is 3.06 bits per heavy atom. The van der Waals surface area contributed by atoms with Crippen LogP contribution in [0.1, 0.15) is 0 Å². The molecule has 0 aliphatic rings. The molecule has 0 bridgehead atoms. The first kappa shape index (κ1) is 12.7. The summed E-state index contributed by atoms with van der Waals surface area (Å²) < 4.78 is 10.4. The number of anilines is 2. The number of ether oxygens (including phenoxy) is 1. The van der Waals surface area contributed by atoms with Crippen molar-refractivity contribution in [3.8, 4) is 0 Å². The lowest BCUT2D eigenvalue weighted by Gasteiger charge is -2.18. The van der Waals surface area contributed by atoms with Gasteiger partial charge in [-0.1, -0.05) is 0 Å². The maximum absolute atomic E-state index is 9.64. The van der Waals surface area contributed by atoms with Crippen molar-refractivity contribution in [1.82, 2.24) is 4.98 Å². The SMILES string of the molecule is COCC(O)CN(C)c1nc2ccc(N)cc2o1. The van der Waals surface area contributed by atoms with Gasteiger partial charge in [0, 0.05) is 25.9 Å². The van der Waals surface area contributed by atoms with E-state index in [9.17, 15) is 5.11 Å². The molecule has 18 heavy (non-hydrogen) atoms. The number of benzene rings is 1. The summed E-state index contributed by atoms with van der Waals surface area (Å²) in [7, 11) is 3.35. The third kappa shape index (κ3) is 2.72. The second kappa shape index (κ2) is 5.24. The molecule has 98 valence electrons. The van der Waals surface area contributed by atoms with Crippen LogP contribution in [0, 0.1) is 0 Å². The number of fused-ring (bicyclic) bond motifs is 1. The Morgan fingerprint density at radius 2 is 2.33 bits per heavy atom. The zero-order valence-corrected chi connectivity index (χ0v) is 10.5. The quantitative estimate of drug-likeness (QED) is 0.766. The van der Waals surface area contributed by atoms with E-state index < -0.39 is 6.10 Å². The summed E-state index contributed by atoms with van der Waals surface area (Å²) in [6.07, 6.45) is -0.583.